The molecule has 2 amide bonds. The van der Waals surface area contributed by atoms with Crippen LogP contribution in [0, 0.1) is 5.92 Å². The highest BCUT2D eigenvalue weighted by Gasteiger charge is 2.28. The molecule has 0 spiro atoms. The lowest BCUT2D eigenvalue weighted by molar-refractivity contribution is -0.137. The molecule has 7 heteroatoms. The van der Waals surface area contributed by atoms with Crippen LogP contribution in [0.5, 0.6) is 0 Å². The number of amides is 2. The molecule has 20 heavy (non-hydrogen) atoms. The predicted octanol–water partition coefficient (Wildman–Crippen LogP) is 1.15. The van der Waals surface area contributed by atoms with E-state index >= 15 is 0 Å². The van der Waals surface area contributed by atoms with E-state index < -0.39 is 5.97 Å². The van der Waals surface area contributed by atoms with Crippen molar-refractivity contribution in [1.29, 1.82) is 0 Å². The molecule has 0 bridgehead atoms. The van der Waals surface area contributed by atoms with Crippen molar-refractivity contribution in [1.82, 2.24) is 19.8 Å². The summed E-state index contributed by atoms with van der Waals surface area (Å²) in [5.74, 6) is 0.277. The van der Waals surface area contributed by atoms with E-state index in [0.717, 1.165) is 12.2 Å². The van der Waals surface area contributed by atoms with Gasteiger partial charge in [0.2, 0.25) is 0 Å². The molecule has 1 aromatic heterocycles. The van der Waals surface area contributed by atoms with E-state index in [4.69, 9.17) is 5.11 Å². The molecule has 0 aliphatic carbocycles. The number of aliphatic carboxylic acids is 1. The molecule has 7 nitrogen and oxygen atoms in total. The lowest BCUT2D eigenvalue weighted by Gasteiger charge is -2.24. The first-order valence-electron chi connectivity index (χ1n) is 6.76. The predicted molar refractivity (Wildman–Crippen MR) is 72.0 cm³/mol. The van der Waals surface area contributed by atoms with E-state index in [1.54, 1.807) is 29.2 Å². The van der Waals surface area contributed by atoms with Crippen LogP contribution < -0.4 is 0 Å². The van der Waals surface area contributed by atoms with Crippen molar-refractivity contribution in [3.8, 4) is 0 Å². The average molecular weight is 280 g/mol. The van der Waals surface area contributed by atoms with Gasteiger partial charge in [-0.05, 0) is 18.8 Å². The summed E-state index contributed by atoms with van der Waals surface area (Å²) in [6.45, 7) is 1.79. The van der Waals surface area contributed by atoms with Crippen LogP contribution in [0.1, 0.15) is 25.1 Å². The third-order valence-electron chi connectivity index (χ3n) is 3.59. The van der Waals surface area contributed by atoms with Crippen LogP contribution in [0.3, 0.4) is 0 Å². The Morgan fingerprint density at radius 2 is 2.40 bits per heavy atom. The highest BCUT2D eigenvalue weighted by molar-refractivity contribution is 5.74. The van der Waals surface area contributed by atoms with Gasteiger partial charge in [0.15, 0.2) is 0 Å². The van der Waals surface area contributed by atoms with E-state index in [0.29, 0.717) is 32.0 Å². The average Bonchev–Trinajstić information content (AvgIpc) is 3.06. The number of imidazole rings is 1. The number of carbonyl (C=O) groups excluding carboxylic acids is 1. The number of likely N-dealkylation sites (tertiary alicyclic amines) is 1. The fraction of sp³-hybridized carbons (Fsp3) is 0.615. The van der Waals surface area contributed by atoms with Crippen molar-refractivity contribution in [2.24, 2.45) is 5.92 Å². The van der Waals surface area contributed by atoms with Crippen molar-refractivity contribution in [3.05, 3.63) is 18.2 Å². The molecule has 0 aromatic carbocycles. The van der Waals surface area contributed by atoms with Gasteiger partial charge in [-0.3, -0.25) is 4.79 Å². The fourth-order valence-electron chi connectivity index (χ4n) is 2.49. The summed E-state index contributed by atoms with van der Waals surface area (Å²) in [4.78, 5) is 33.3. The van der Waals surface area contributed by atoms with Crippen LogP contribution in [0.15, 0.2) is 12.4 Å². The van der Waals surface area contributed by atoms with Gasteiger partial charge < -0.3 is 19.9 Å². The van der Waals surface area contributed by atoms with E-state index in [9.17, 15) is 9.59 Å². The molecule has 2 heterocycles. The molecule has 1 aliphatic rings. The van der Waals surface area contributed by atoms with E-state index in [2.05, 4.69) is 9.97 Å². The second-order valence-electron chi connectivity index (χ2n) is 5.21. The van der Waals surface area contributed by atoms with Crippen LogP contribution in [0.4, 0.5) is 4.79 Å². The number of carboxylic acid groups (broad SMARTS) is 1. The largest absolute Gasteiger partial charge is 0.481 e. The number of hydrogen-bond donors (Lipinski definition) is 2. The third kappa shape index (κ3) is 3.72. The number of aromatic nitrogens is 2. The van der Waals surface area contributed by atoms with Crippen molar-refractivity contribution >= 4 is 12.0 Å². The van der Waals surface area contributed by atoms with Gasteiger partial charge in [0.1, 0.15) is 5.82 Å². The number of carbonyl (C=O) groups is 2. The van der Waals surface area contributed by atoms with Gasteiger partial charge in [-0.2, -0.15) is 0 Å². The molecule has 1 unspecified atom stereocenters. The van der Waals surface area contributed by atoms with Gasteiger partial charge in [-0.1, -0.05) is 0 Å². The first-order chi connectivity index (χ1) is 9.56. The van der Waals surface area contributed by atoms with E-state index in [1.165, 1.54) is 0 Å². The topological polar surface area (TPSA) is 89.5 Å². The van der Waals surface area contributed by atoms with Crippen LogP contribution >= 0.6 is 0 Å². The monoisotopic (exact) mass is 280 g/mol. The highest BCUT2D eigenvalue weighted by atomic mass is 16.4. The zero-order valence-electron chi connectivity index (χ0n) is 11.6. The molecule has 1 aromatic rings. The Labute approximate surface area is 117 Å². The van der Waals surface area contributed by atoms with Crippen LogP contribution in [-0.2, 0) is 11.3 Å². The summed E-state index contributed by atoms with van der Waals surface area (Å²) in [5.41, 5.74) is 0. The lowest BCUT2D eigenvalue weighted by atomic mass is 10.0. The Kier molecular flexibility index (Phi) is 4.60. The number of rotatable bonds is 5. The number of aromatic amines is 1. The summed E-state index contributed by atoms with van der Waals surface area (Å²) >= 11 is 0. The molecule has 1 fully saturated rings. The smallest absolute Gasteiger partial charge is 0.320 e. The molecule has 110 valence electrons. The molecule has 0 saturated carbocycles. The maximum atomic E-state index is 12.2. The van der Waals surface area contributed by atoms with Gasteiger partial charge in [-0.25, -0.2) is 9.78 Å². The Bertz CT molecular complexity index is 460. The number of hydrogen-bond acceptors (Lipinski definition) is 3. The molecule has 1 aliphatic heterocycles. The van der Waals surface area contributed by atoms with Crippen molar-refractivity contribution in [2.45, 2.75) is 25.8 Å². The summed E-state index contributed by atoms with van der Waals surface area (Å²) < 4.78 is 0. The quantitative estimate of drug-likeness (QED) is 0.846. The highest BCUT2D eigenvalue weighted by Crippen LogP contribution is 2.22. The van der Waals surface area contributed by atoms with Gasteiger partial charge in [0, 0.05) is 39.0 Å². The maximum Gasteiger partial charge on any atom is 0.320 e. The SMILES string of the molecule is CN(Cc1ncc[nH]1)C(=O)N1CCC(CCC(=O)O)C1. The summed E-state index contributed by atoms with van der Waals surface area (Å²) in [5, 5.41) is 8.68. The van der Waals surface area contributed by atoms with Crippen LogP contribution in [0.2, 0.25) is 0 Å². The van der Waals surface area contributed by atoms with E-state index in [1.807, 2.05) is 0 Å². The zero-order valence-corrected chi connectivity index (χ0v) is 11.6. The normalized spacial score (nSPS) is 18.2. The number of urea groups is 1. The second kappa shape index (κ2) is 6.40. The summed E-state index contributed by atoms with van der Waals surface area (Å²) in [6.07, 6.45) is 5.08. The number of H-pyrrole nitrogens is 1. The minimum atomic E-state index is -0.773. The molecule has 1 saturated heterocycles. The number of nitrogens with zero attached hydrogens (tertiary/aromatic N) is 3. The molecule has 2 N–H and O–H groups in total. The molecule has 1 atom stereocenters. The number of carboxylic acids is 1. The minimum absolute atomic E-state index is 0.0285. The van der Waals surface area contributed by atoms with Crippen molar-refractivity contribution in [3.63, 3.8) is 0 Å². The Morgan fingerprint density at radius 1 is 1.60 bits per heavy atom. The summed E-state index contributed by atoms with van der Waals surface area (Å²) in [7, 11) is 1.75. The maximum absolute atomic E-state index is 12.2. The third-order valence-corrected chi connectivity index (χ3v) is 3.59. The Hall–Kier alpha value is -2.05. The lowest BCUT2D eigenvalue weighted by Crippen LogP contribution is -2.39. The molecule has 2 rings (SSSR count). The molecular weight excluding hydrogens is 260 g/mol. The Balaban J connectivity index is 1.80. The van der Waals surface area contributed by atoms with Crippen molar-refractivity contribution in [2.75, 3.05) is 20.1 Å². The van der Waals surface area contributed by atoms with Gasteiger partial charge in [0.05, 0.1) is 6.54 Å². The van der Waals surface area contributed by atoms with Crippen LogP contribution in [0.25, 0.3) is 0 Å². The van der Waals surface area contributed by atoms with Crippen LogP contribution in [-0.4, -0.2) is 57.0 Å². The molecular formula is C13H20N4O3. The fourth-order valence-corrected chi connectivity index (χ4v) is 2.49. The van der Waals surface area contributed by atoms with Gasteiger partial charge in [0.25, 0.3) is 0 Å². The molecule has 0 radical (unpaired) electrons. The summed E-state index contributed by atoms with van der Waals surface area (Å²) in [6, 6.07) is -0.0285. The number of nitrogens with one attached hydrogen (secondary N) is 1. The Morgan fingerprint density at radius 3 is 3.05 bits per heavy atom. The standard InChI is InChI=1S/C13H20N4O3/c1-16(9-11-14-5-6-15-11)13(20)17-7-4-10(8-17)2-3-12(18)19/h5-6,10H,2-4,7-9H2,1H3,(H,14,15)(H,18,19). The zero-order chi connectivity index (χ0) is 14.5. The van der Waals surface area contributed by atoms with Crippen molar-refractivity contribution < 1.29 is 14.7 Å². The first-order valence-corrected chi connectivity index (χ1v) is 6.76. The van der Waals surface area contributed by atoms with E-state index in [-0.39, 0.29) is 12.5 Å². The second-order valence-corrected chi connectivity index (χ2v) is 5.21. The first kappa shape index (κ1) is 14.4. The van der Waals surface area contributed by atoms with Gasteiger partial charge >= 0.3 is 12.0 Å². The minimum Gasteiger partial charge on any atom is -0.481 e. The van der Waals surface area contributed by atoms with Gasteiger partial charge in [-0.15, -0.1) is 0 Å².